The molecule has 0 aliphatic carbocycles. The van der Waals surface area contributed by atoms with Gasteiger partial charge < -0.3 is 104 Å². The Balaban J connectivity index is 1.17. The van der Waals surface area contributed by atoms with E-state index in [1.165, 1.54) is 6.07 Å². The summed E-state index contributed by atoms with van der Waals surface area (Å²) in [5.41, 5.74) is -1.48. The van der Waals surface area contributed by atoms with Crippen LogP contribution in [0.1, 0.15) is 0 Å². The van der Waals surface area contributed by atoms with Crippen molar-refractivity contribution in [2.75, 3.05) is 19.8 Å². The van der Waals surface area contributed by atoms with Gasteiger partial charge in [-0.25, -0.2) is 0 Å². The minimum Gasteiger partial charge on any atom is -0.507 e. The van der Waals surface area contributed by atoms with Crippen molar-refractivity contribution in [3.8, 4) is 40.1 Å². The SMILES string of the molecule is O=c1c(O)c(-c2ccc(O)c(O)c2)oc2cc(O[C@@H]3O[C@H](CO)[C@@H](O[C@H]4O[C@H](CO)[C@@H](O[C@H]5O[C@H](CO)[C@@H](O)[C@H](O)[C@H]5O)[C@H](O)[C@H]4O)[C@H](O)[C@H]3O)cc(O)c12. The third kappa shape index (κ3) is 7.63. The van der Waals surface area contributed by atoms with Gasteiger partial charge in [-0.1, -0.05) is 0 Å². The number of benzene rings is 2. The second kappa shape index (κ2) is 16.3. The quantitative estimate of drug-likeness (QED) is 0.0856. The maximum Gasteiger partial charge on any atom is 0.238 e. The molecule has 55 heavy (non-hydrogen) atoms. The molecule has 2 aromatic carbocycles. The summed E-state index contributed by atoms with van der Waals surface area (Å²) in [5.74, 6) is -3.56. The van der Waals surface area contributed by atoms with Crippen LogP contribution in [0, 0.1) is 0 Å². The Kier molecular flexibility index (Phi) is 12.0. The first-order chi connectivity index (χ1) is 26.1. The van der Waals surface area contributed by atoms with E-state index in [2.05, 4.69) is 0 Å². The molecule has 14 N–H and O–H groups in total. The third-order valence-corrected chi connectivity index (χ3v) is 9.49. The van der Waals surface area contributed by atoms with E-state index in [1.54, 1.807) is 0 Å². The molecule has 0 spiro atoms. The Morgan fingerprint density at radius 2 is 1.09 bits per heavy atom. The first-order valence-electron chi connectivity index (χ1n) is 16.7. The number of ether oxygens (including phenoxy) is 6. The summed E-state index contributed by atoms with van der Waals surface area (Å²) in [6, 6.07) is 5.25. The third-order valence-electron chi connectivity index (χ3n) is 9.49. The molecule has 6 rings (SSSR count). The molecule has 4 heterocycles. The number of rotatable bonds is 10. The van der Waals surface area contributed by atoms with E-state index in [0.29, 0.717) is 0 Å². The molecule has 0 amide bonds. The molecule has 22 nitrogen and oxygen atoms in total. The molecule has 0 radical (unpaired) electrons. The summed E-state index contributed by atoms with van der Waals surface area (Å²) >= 11 is 0. The summed E-state index contributed by atoms with van der Waals surface area (Å²) in [7, 11) is 0. The molecule has 3 aliphatic heterocycles. The molecule has 1 aromatic heterocycles. The van der Waals surface area contributed by atoms with Gasteiger partial charge in [-0.15, -0.1) is 0 Å². The average molecular weight is 789 g/mol. The zero-order valence-corrected chi connectivity index (χ0v) is 28.2. The van der Waals surface area contributed by atoms with Crippen molar-refractivity contribution in [3.63, 3.8) is 0 Å². The van der Waals surface area contributed by atoms with Crippen LogP contribution in [0.15, 0.2) is 39.5 Å². The minimum absolute atomic E-state index is 0.0367. The number of aliphatic hydroxyl groups is 10. The standard InChI is InChI=1S/C33H40O22/c34-6-15-19(40)21(42)25(46)32(51-15)54-30-17(8-36)53-33(27(48)24(30)45)55-29-16(7-35)52-31(26(47)23(29)44)49-10-4-13(39)18-14(5-10)50-28(22(43)20(18)41)9-1-2-11(37)12(38)3-9/h1-5,15-17,19,21,23-27,29-40,42-48H,6-8H2/t15-,16-,17-,19-,21+,23-,24-,25-,26-,27-,29-,30-,31-,32-,33-/m1/s1. The van der Waals surface area contributed by atoms with E-state index in [1.807, 2.05) is 0 Å². The second-order valence-electron chi connectivity index (χ2n) is 13.1. The molecule has 0 unspecified atom stereocenters. The average Bonchev–Trinajstić information content (AvgIpc) is 3.16. The van der Waals surface area contributed by atoms with Crippen LogP contribution in [-0.2, 0) is 23.7 Å². The molecular formula is C33H40O22. The second-order valence-corrected chi connectivity index (χ2v) is 13.1. The van der Waals surface area contributed by atoms with Crippen LogP contribution in [-0.4, -0.2) is 183 Å². The van der Waals surface area contributed by atoms with Crippen LogP contribution in [0.3, 0.4) is 0 Å². The van der Waals surface area contributed by atoms with Gasteiger partial charge >= 0.3 is 0 Å². The zero-order chi connectivity index (χ0) is 40.0. The number of hydrogen-bond donors (Lipinski definition) is 14. The van der Waals surface area contributed by atoms with E-state index in [0.717, 1.165) is 24.3 Å². The Hall–Kier alpha value is -3.95. The molecule has 0 saturated carbocycles. The first kappa shape index (κ1) is 40.7. The van der Waals surface area contributed by atoms with E-state index >= 15 is 0 Å². The molecule has 3 fully saturated rings. The topological polar surface area (TPSA) is 369 Å². The van der Waals surface area contributed by atoms with Crippen LogP contribution >= 0.6 is 0 Å². The van der Waals surface area contributed by atoms with E-state index < -0.39 is 152 Å². The van der Waals surface area contributed by atoms with E-state index in [9.17, 15) is 76.3 Å². The van der Waals surface area contributed by atoms with Crippen molar-refractivity contribution < 1.29 is 104 Å². The minimum atomic E-state index is -2.04. The molecule has 15 atom stereocenters. The van der Waals surface area contributed by atoms with Crippen LogP contribution in [0.4, 0.5) is 0 Å². The number of phenolic OH excluding ortho intramolecular Hbond substituents is 3. The Bertz CT molecular complexity index is 1870. The van der Waals surface area contributed by atoms with Gasteiger partial charge in [0, 0.05) is 17.7 Å². The Morgan fingerprint density at radius 3 is 1.65 bits per heavy atom. The number of fused-ring (bicyclic) bond motifs is 1. The molecule has 3 saturated heterocycles. The lowest BCUT2D eigenvalue weighted by Gasteiger charge is -2.48. The number of aliphatic hydroxyl groups excluding tert-OH is 10. The fraction of sp³-hybridized carbons (Fsp3) is 0.545. The highest BCUT2D eigenvalue weighted by Crippen LogP contribution is 2.39. The lowest BCUT2D eigenvalue weighted by atomic mass is 9.96. The molecule has 304 valence electrons. The van der Waals surface area contributed by atoms with Gasteiger partial charge in [0.2, 0.25) is 17.5 Å². The monoisotopic (exact) mass is 788 g/mol. The number of aromatic hydroxyl groups is 4. The van der Waals surface area contributed by atoms with Gasteiger partial charge in [-0.2, -0.15) is 0 Å². The van der Waals surface area contributed by atoms with Gasteiger partial charge in [0.1, 0.15) is 95.7 Å². The van der Waals surface area contributed by atoms with Crippen molar-refractivity contribution in [3.05, 3.63) is 40.6 Å². The predicted molar refractivity (Wildman–Crippen MR) is 174 cm³/mol. The van der Waals surface area contributed by atoms with Gasteiger partial charge in [-0.05, 0) is 18.2 Å². The molecule has 3 aromatic rings. The van der Waals surface area contributed by atoms with Crippen molar-refractivity contribution in [1.82, 2.24) is 0 Å². The van der Waals surface area contributed by atoms with Crippen molar-refractivity contribution >= 4 is 11.0 Å². The smallest absolute Gasteiger partial charge is 0.238 e. The van der Waals surface area contributed by atoms with Crippen molar-refractivity contribution in [2.24, 2.45) is 0 Å². The van der Waals surface area contributed by atoms with E-state index in [-0.39, 0.29) is 16.9 Å². The summed E-state index contributed by atoms with van der Waals surface area (Å²) < 4.78 is 38.9. The van der Waals surface area contributed by atoms with Crippen molar-refractivity contribution in [2.45, 2.75) is 92.1 Å². The summed E-state index contributed by atoms with van der Waals surface area (Å²) in [6.45, 7) is -2.61. The highest BCUT2D eigenvalue weighted by Gasteiger charge is 2.53. The maximum absolute atomic E-state index is 13.0. The highest BCUT2D eigenvalue weighted by atomic mass is 16.8. The highest BCUT2D eigenvalue weighted by molar-refractivity contribution is 5.88. The Morgan fingerprint density at radius 1 is 0.564 bits per heavy atom. The number of phenols is 3. The van der Waals surface area contributed by atoms with Crippen LogP contribution < -0.4 is 10.2 Å². The zero-order valence-electron chi connectivity index (χ0n) is 28.2. The lowest BCUT2D eigenvalue weighted by molar-refractivity contribution is -0.376. The van der Waals surface area contributed by atoms with Gasteiger partial charge in [0.15, 0.2) is 29.8 Å². The molecular weight excluding hydrogens is 748 g/mol. The van der Waals surface area contributed by atoms with Gasteiger partial charge in [0.25, 0.3) is 0 Å². The van der Waals surface area contributed by atoms with Gasteiger partial charge in [0.05, 0.1) is 19.8 Å². The van der Waals surface area contributed by atoms with Crippen LogP contribution in [0.2, 0.25) is 0 Å². The molecule has 3 aliphatic rings. The lowest BCUT2D eigenvalue weighted by Crippen LogP contribution is -2.66. The normalized spacial score (nSPS) is 36.9. The maximum atomic E-state index is 13.0. The fourth-order valence-corrected chi connectivity index (χ4v) is 6.47. The number of hydrogen-bond acceptors (Lipinski definition) is 22. The predicted octanol–water partition coefficient (Wildman–Crippen LogP) is -4.89. The van der Waals surface area contributed by atoms with Gasteiger partial charge in [-0.3, -0.25) is 4.79 Å². The van der Waals surface area contributed by atoms with Crippen LogP contribution in [0.5, 0.6) is 28.7 Å². The molecule has 22 heteroatoms. The molecule has 0 bridgehead atoms. The Labute approximate surface area is 307 Å². The summed E-state index contributed by atoms with van der Waals surface area (Å²) in [6.07, 6.45) is -26.9. The largest absolute Gasteiger partial charge is 0.507 e. The van der Waals surface area contributed by atoms with Crippen LogP contribution in [0.25, 0.3) is 22.3 Å². The van der Waals surface area contributed by atoms with E-state index in [4.69, 9.17) is 32.8 Å². The fourth-order valence-electron chi connectivity index (χ4n) is 6.47. The summed E-state index contributed by atoms with van der Waals surface area (Å²) in [5, 5.41) is 144. The first-order valence-corrected chi connectivity index (χ1v) is 16.7. The summed E-state index contributed by atoms with van der Waals surface area (Å²) in [4.78, 5) is 13.0. The van der Waals surface area contributed by atoms with Crippen molar-refractivity contribution in [1.29, 1.82) is 0 Å².